The first-order valence-corrected chi connectivity index (χ1v) is 5.04. The Labute approximate surface area is 93.6 Å². The smallest absolute Gasteiger partial charge is 0.305 e. The summed E-state index contributed by atoms with van der Waals surface area (Å²) < 4.78 is 6.15. The van der Waals surface area contributed by atoms with Crippen molar-refractivity contribution in [1.82, 2.24) is 15.0 Å². The Morgan fingerprint density at radius 2 is 2.12 bits per heavy atom. The van der Waals surface area contributed by atoms with Crippen LogP contribution in [0.4, 0.5) is 0 Å². The molecule has 0 bridgehead atoms. The van der Waals surface area contributed by atoms with E-state index in [9.17, 15) is 9.59 Å². The number of hydrogen-bond donors (Lipinski definition) is 0. The molecule has 0 radical (unpaired) electrons. The predicted molar refractivity (Wildman–Crippen MR) is 56.0 cm³/mol. The molecule has 0 fully saturated rings. The molecule has 16 heavy (non-hydrogen) atoms. The number of rotatable bonds is 5. The van der Waals surface area contributed by atoms with Crippen LogP contribution in [0.25, 0.3) is 0 Å². The Morgan fingerprint density at radius 3 is 2.62 bits per heavy atom. The van der Waals surface area contributed by atoms with Crippen LogP contribution in [0, 0.1) is 6.92 Å². The minimum atomic E-state index is -0.246. The zero-order chi connectivity index (χ0) is 12.1. The molecule has 0 aliphatic carbocycles. The highest BCUT2D eigenvalue weighted by Crippen LogP contribution is 2.06. The third-order valence-corrected chi connectivity index (χ3v) is 2.29. The van der Waals surface area contributed by atoms with Crippen LogP contribution in [0.2, 0.25) is 0 Å². The molecule has 1 aromatic heterocycles. The maximum absolute atomic E-state index is 11.1. The summed E-state index contributed by atoms with van der Waals surface area (Å²) in [5.74, 6) is -0.346. The van der Waals surface area contributed by atoms with Crippen molar-refractivity contribution in [2.45, 2.75) is 33.2 Å². The number of esters is 1. The van der Waals surface area contributed by atoms with E-state index in [0.717, 1.165) is 5.69 Å². The number of carbonyl (C=O) groups excluding carboxylic acids is 2. The molecule has 0 aliphatic rings. The zero-order valence-corrected chi connectivity index (χ0v) is 9.69. The fourth-order valence-corrected chi connectivity index (χ4v) is 1.37. The van der Waals surface area contributed by atoms with E-state index in [-0.39, 0.29) is 11.8 Å². The quantitative estimate of drug-likeness (QED) is 0.546. The third kappa shape index (κ3) is 2.88. The van der Waals surface area contributed by atoms with Gasteiger partial charge in [0, 0.05) is 19.9 Å². The van der Waals surface area contributed by atoms with Crippen LogP contribution in [-0.2, 0) is 16.1 Å². The Bertz CT molecular complexity index is 398. The largest absolute Gasteiger partial charge is 0.469 e. The van der Waals surface area contributed by atoms with Gasteiger partial charge in [-0.05, 0) is 13.3 Å². The number of ether oxygens (including phenoxy) is 1. The highest BCUT2D eigenvalue weighted by molar-refractivity contribution is 5.92. The van der Waals surface area contributed by atoms with Crippen LogP contribution < -0.4 is 0 Å². The van der Waals surface area contributed by atoms with Crippen LogP contribution in [0.5, 0.6) is 0 Å². The first-order valence-electron chi connectivity index (χ1n) is 5.04. The van der Waals surface area contributed by atoms with Crippen molar-refractivity contribution >= 4 is 11.8 Å². The number of ketones is 1. The van der Waals surface area contributed by atoms with Crippen LogP contribution in [0.1, 0.15) is 35.9 Å². The highest BCUT2D eigenvalue weighted by Gasteiger charge is 2.12. The molecule has 0 aromatic carbocycles. The number of Topliss-reactive ketones (excluding diaryl/α,β-unsaturated/α-hetero) is 1. The molecule has 0 aliphatic heterocycles. The average molecular weight is 225 g/mol. The molecule has 0 spiro atoms. The third-order valence-electron chi connectivity index (χ3n) is 2.29. The lowest BCUT2D eigenvalue weighted by atomic mass is 10.2. The summed E-state index contributed by atoms with van der Waals surface area (Å²) >= 11 is 0. The van der Waals surface area contributed by atoms with E-state index in [1.807, 2.05) is 0 Å². The summed E-state index contributed by atoms with van der Waals surface area (Å²) in [7, 11) is 1.36. The first-order chi connectivity index (χ1) is 7.56. The summed E-state index contributed by atoms with van der Waals surface area (Å²) in [6.07, 6.45) is 0.958. The molecule has 1 aromatic rings. The van der Waals surface area contributed by atoms with Gasteiger partial charge in [0.05, 0.1) is 12.8 Å². The molecule has 6 heteroatoms. The fourth-order valence-electron chi connectivity index (χ4n) is 1.37. The number of carbonyl (C=O) groups is 2. The standard InChI is InChI=1S/C10H15N3O3/c1-7-10(8(2)14)11-12-13(7)6-4-5-9(15)16-3/h4-6H2,1-3H3. The Morgan fingerprint density at radius 1 is 1.44 bits per heavy atom. The second-order valence-electron chi connectivity index (χ2n) is 3.48. The van der Waals surface area contributed by atoms with Gasteiger partial charge < -0.3 is 4.74 Å². The number of nitrogens with zero attached hydrogens (tertiary/aromatic N) is 3. The second kappa shape index (κ2) is 5.39. The zero-order valence-electron chi connectivity index (χ0n) is 9.69. The summed E-state index contributed by atoms with van der Waals surface area (Å²) in [4.78, 5) is 22.0. The molecule has 0 unspecified atom stereocenters. The van der Waals surface area contributed by atoms with Crippen molar-refractivity contribution in [3.05, 3.63) is 11.4 Å². The van der Waals surface area contributed by atoms with Crippen molar-refractivity contribution in [3.8, 4) is 0 Å². The van der Waals surface area contributed by atoms with E-state index in [1.165, 1.54) is 14.0 Å². The van der Waals surface area contributed by atoms with Crippen LogP contribution >= 0.6 is 0 Å². The van der Waals surface area contributed by atoms with Gasteiger partial charge in [0.2, 0.25) is 0 Å². The monoisotopic (exact) mass is 225 g/mol. The molecule has 0 saturated heterocycles. The molecule has 1 rings (SSSR count). The van der Waals surface area contributed by atoms with E-state index in [4.69, 9.17) is 0 Å². The summed E-state index contributed by atoms with van der Waals surface area (Å²) in [5.41, 5.74) is 1.12. The Hall–Kier alpha value is -1.72. The van der Waals surface area contributed by atoms with Crippen molar-refractivity contribution < 1.29 is 14.3 Å². The van der Waals surface area contributed by atoms with Crippen molar-refractivity contribution in [1.29, 1.82) is 0 Å². The van der Waals surface area contributed by atoms with Crippen LogP contribution in [0.3, 0.4) is 0 Å². The first kappa shape index (κ1) is 12.4. The number of methoxy groups -OCH3 is 1. The molecule has 0 amide bonds. The lowest BCUT2D eigenvalue weighted by Gasteiger charge is -2.02. The number of aromatic nitrogens is 3. The molecule has 0 N–H and O–H groups in total. The molecule has 6 nitrogen and oxygen atoms in total. The molecular weight excluding hydrogens is 210 g/mol. The van der Waals surface area contributed by atoms with Crippen LogP contribution in [0.15, 0.2) is 0 Å². The SMILES string of the molecule is COC(=O)CCCn1nnc(C(C)=O)c1C. The summed E-state index contributed by atoms with van der Waals surface area (Å²) in [6, 6.07) is 0. The topological polar surface area (TPSA) is 74.1 Å². The number of hydrogen-bond acceptors (Lipinski definition) is 5. The lowest BCUT2D eigenvalue weighted by Crippen LogP contribution is -2.07. The van der Waals surface area contributed by atoms with E-state index in [1.54, 1.807) is 11.6 Å². The van der Waals surface area contributed by atoms with Gasteiger partial charge in [-0.2, -0.15) is 0 Å². The van der Waals surface area contributed by atoms with Gasteiger partial charge in [0.15, 0.2) is 11.5 Å². The van der Waals surface area contributed by atoms with Gasteiger partial charge in [-0.3, -0.25) is 9.59 Å². The maximum Gasteiger partial charge on any atom is 0.305 e. The summed E-state index contributed by atoms with van der Waals surface area (Å²) in [6.45, 7) is 3.80. The van der Waals surface area contributed by atoms with Gasteiger partial charge in [-0.1, -0.05) is 5.21 Å². The minimum absolute atomic E-state index is 0.100. The number of aryl methyl sites for hydroxylation is 1. The van der Waals surface area contributed by atoms with E-state index < -0.39 is 0 Å². The minimum Gasteiger partial charge on any atom is -0.469 e. The van der Waals surface area contributed by atoms with E-state index >= 15 is 0 Å². The van der Waals surface area contributed by atoms with Gasteiger partial charge in [-0.15, -0.1) is 5.10 Å². The highest BCUT2D eigenvalue weighted by atomic mass is 16.5. The van der Waals surface area contributed by atoms with Gasteiger partial charge in [-0.25, -0.2) is 4.68 Å². The second-order valence-corrected chi connectivity index (χ2v) is 3.48. The maximum atomic E-state index is 11.1. The van der Waals surface area contributed by atoms with Gasteiger partial charge in [0.25, 0.3) is 0 Å². The van der Waals surface area contributed by atoms with Gasteiger partial charge in [0.1, 0.15) is 0 Å². The average Bonchev–Trinajstić information content (AvgIpc) is 2.60. The van der Waals surface area contributed by atoms with E-state index in [2.05, 4.69) is 15.0 Å². The molecule has 1 heterocycles. The Kier molecular flexibility index (Phi) is 4.16. The Balaban J connectivity index is 2.55. The molecule has 88 valence electrons. The van der Waals surface area contributed by atoms with Crippen molar-refractivity contribution in [2.24, 2.45) is 0 Å². The summed E-state index contributed by atoms with van der Waals surface area (Å²) in [5, 5.41) is 7.63. The van der Waals surface area contributed by atoms with Gasteiger partial charge >= 0.3 is 5.97 Å². The normalized spacial score (nSPS) is 10.2. The lowest BCUT2D eigenvalue weighted by molar-refractivity contribution is -0.140. The van der Waals surface area contributed by atoms with E-state index in [0.29, 0.717) is 25.1 Å². The molecule has 0 atom stereocenters. The van der Waals surface area contributed by atoms with Crippen molar-refractivity contribution in [3.63, 3.8) is 0 Å². The van der Waals surface area contributed by atoms with Crippen LogP contribution in [-0.4, -0.2) is 33.9 Å². The van der Waals surface area contributed by atoms with Crippen molar-refractivity contribution in [2.75, 3.05) is 7.11 Å². The molecule has 0 saturated carbocycles. The predicted octanol–water partition coefficient (Wildman–Crippen LogP) is 0.742. The fraction of sp³-hybridized carbons (Fsp3) is 0.600. The molecular formula is C10H15N3O3.